The van der Waals surface area contributed by atoms with Gasteiger partial charge in [-0.05, 0) is 12.5 Å². The Bertz CT molecular complexity index is 1070. The highest BCUT2D eigenvalue weighted by molar-refractivity contribution is 6.36. The topological polar surface area (TPSA) is 52.6 Å². The molecule has 2 bridgehead atoms. The predicted octanol–water partition coefficient (Wildman–Crippen LogP) is 4.99. The zero-order chi connectivity index (χ0) is 19.3. The summed E-state index contributed by atoms with van der Waals surface area (Å²) in [5.74, 6) is -0.206. The van der Waals surface area contributed by atoms with Crippen molar-refractivity contribution in [2.75, 3.05) is 0 Å². The maximum Gasteiger partial charge on any atom is 0.335 e. The Morgan fingerprint density at radius 2 is 1.85 bits per heavy atom. The molecule has 2 aromatic carbocycles. The molecule has 0 spiro atoms. The molecule has 2 aliphatic rings. The van der Waals surface area contributed by atoms with Crippen LogP contribution in [0.25, 0.3) is 10.8 Å². The fourth-order valence-corrected chi connectivity index (χ4v) is 4.43. The lowest BCUT2D eigenvalue weighted by Crippen LogP contribution is -2.18. The van der Waals surface area contributed by atoms with E-state index in [1.807, 2.05) is 0 Å². The number of carbonyl (C=O) groups is 2. The number of fused-ring (bicyclic) bond motifs is 6. The number of ether oxygens (including phenoxy) is 2. The van der Waals surface area contributed by atoms with Gasteiger partial charge in [-0.15, -0.1) is 0 Å². The van der Waals surface area contributed by atoms with Crippen LogP contribution in [0.5, 0.6) is 11.5 Å². The van der Waals surface area contributed by atoms with Crippen LogP contribution in [0.1, 0.15) is 30.4 Å². The monoisotopic (exact) mass is 380 g/mol. The van der Waals surface area contributed by atoms with Crippen molar-refractivity contribution in [3.05, 3.63) is 71.8 Å². The lowest BCUT2D eigenvalue weighted by molar-refractivity contribution is -0.130. The first-order chi connectivity index (χ1) is 12.9. The van der Waals surface area contributed by atoms with Gasteiger partial charge >= 0.3 is 11.9 Å². The summed E-state index contributed by atoms with van der Waals surface area (Å²) < 4.78 is 11.3. The third-order valence-electron chi connectivity index (χ3n) is 5.25. The normalized spacial score (nSPS) is 21.8. The zero-order valence-electron chi connectivity index (χ0n) is 14.8. The van der Waals surface area contributed by atoms with E-state index in [4.69, 9.17) is 21.1 Å². The number of halogens is 1. The maximum absolute atomic E-state index is 12.0. The van der Waals surface area contributed by atoms with Crippen LogP contribution in [0.2, 0.25) is 5.02 Å². The Balaban J connectivity index is 2.13. The average molecular weight is 381 g/mol. The standard InChI is InChI=1S/C22H17ClO4/c1-4-15(24)26-20-13-7-6-8-14(23)18(13)21(27-16(25)5-2)17-12-9-10-22(3,11-12)19(17)20/h4-10,12H,1-2,11H2,3H3. The summed E-state index contributed by atoms with van der Waals surface area (Å²) in [4.78, 5) is 24.1. The SMILES string of the molecule is C=CC(=O)Oc1c2c(c(OC(=O)C=C)c3c(Cl)cccc13)C1C=CC2(C)C1. The van der Waals surface area contributed by atoms with Crippen LogP contribution in [0.15, 0.2) is 55.7 Å². The molecule has 2 unspecified atom stereocenters. The Labute approximate surface area is 161 Å². The van der Waals surface area contributed by atoms with Crippen molar-refractivity contribution in [1.29, 1.82) is 0 Å². The first-order valence-electron chi connectivity index (χ1n) is 8.56. The highest BCUT2D eigenvalue weighted by Crippen LogP contribution is 2.61. The van der Waals surface area contributed by atoms with Crippen LogP contribution in [-0.4, -0.2) is 11.9 Å². The third kappa shape index (κ3) is 2.52. The van der Waals surface area contributed by atoms with Gasteiger partial charge in [-0.25, -0.2) is 9.59 Å². The van der Waals surface area contributed by atoms with Crippen molar-refractivity contribution in [1.82, 2.24) is 0 Å². The highest BCUT2D eigenvalue weighted by Gasteiger charge is 2.47. The van der Waals surface area contributed by atoms with E-state index >= 15 is 0 Å². The molecule has 0 saturated heterocycles. The number of allylic oxidation sites excluding steroid dienone is 2. The van der Waals surface area contributed by atoms with Gasteiger partial charge in [-0.2, -0.15) is 0 Å². The molecule has 0 aliphatic heterocycles. The van der Waals surface area contributed by atoms with E-state index in [2.05, 4.69) is 32.2 Å². The number of hydrogen-bond donors (Lipinski definition) is 0. The zero-order valence-corrected chi connectivity index (χ0v) is 15.5. The summed E-state index contributed by atoms with van der Waals surface area (Å²) in [5, 5.41) is 1.57. The molecule has 2 aromatic rings. The van der Waals surface area contributed by atoms with E-state index in [0.29, 0.717) is 27.3 Å². The second-order valence-electron chi connectivity index (χ2n) is 6.95. The number of benzene rings is 2. The Morgan fingerprint density at radius 3 is 2.52 bits per heavy atom. The van der Waals surface area contributed by atoms with E-state index in [-0.39, 0.29) is 11.3 Å². The van der Waals surface area contributed by atoms with Gasteiger partial charge in [0.05, 0.1) is 5.02 Å². The van der Waals surface area contributed by atoms with E-state index in [9.17, 15) is 9.59 Å². The minimum Gasteiger partial charge on any atom is -0.422 e. The molecule has 27 heavy (non-hydrogen) atoms. The van der Waals surface area contributed by atoms with Crippen LogP contribution < -0.4 is 9.47 Å². The second kappa shape index (κ2) is 6.10. The van der Waals surface area contributed by atoms with Crippen molar-refractivity contribution in [3.63, 3.8) is 0 Å². The van der Waals surface area contributed by atoms with Gasteiger partial charge in [-0.3, -0.25) is 0 Å². The number of rotatable bonds is 4. The van der Waals surface area contributed by atoms with Crippen LogP contribution in [0.4, 0.5) is 0 Å². The Kier molecular flexibility index (Phi) is 3.97. The molecule has 0 amide bonds. The van der Waals surface area contributed by atoms with Gasteiger partial charge in [0.15, 0.2) is 0 Å². The fraction of sp³-hybridized carbons (Fsp3) is 0.182. The fourth-order valence-electron chi connectivity index (χ4n) is 4.17. The van der Waals surface area contributed by atoms with Gasteiger partial charge in [0, 0.05) is 45.4 Å². The first-order valence-corrected chi connectivity index (χ1v) is 8.94. The molecular formula is C22H17ClO4. The molecule has 0 aromatic heterocycles. The lowest BCUT2D eigenvalue weighted by Gasteiger charge is -2.26. The quantitative estimate of drug-likeness (QED) is 0.324. The molecule has 136 valence electrons. The van der Waals surface area contributed by atoms with E-state index < -0.39 is 11.9 Å². The molecule has 5 heteroatoms. The summed E-state index contributed by atoms with van der Waals surface area (Å²) in [6.07, 6.45) is 7.26. The molecule has 4 nitrogen and oxygen atoms in total. The summed E-state index contributed by atoms with van der Waals surface area (Å²) in [6, 6.07) is 5.29. The molecule has 2 aliphatic carbocycles. The van der Waals surface area contributed by atoms with E-state index in [1.54, 1.807) is 18.2 Å². The predicted molar refractivity (Wildman–Crippen MR) is 104 cm³/mol. The van der Waals surface area contributed by atoms with Crippen molar-refractivity contribution in [2.24, 2.45) is 0 Å². The van der Waals surface area contributed by atoms with Crippen molar-refractivity contribution in [3.8, 4) is 11.5 Å². The highest BCUT2D eigenvalue weighted by atomic mass is 35.5. The van der Waals surface area contributed by atoms with Crippen molar-refractivity contribution in [2.45, 2.75) is 24.7 Å². The molecule has 0 saturated carbocycles. The molecule has 0 N–H and O–H groups in total. The van der Waals surface area contributed by atoms with Gasteiger partial charge in [0.1, 0.15) is 11.5 Å². The molecule has 0 radical (unpaired) electrons. The number of hydrogen-bond acceptors (Lipinski definition) is 4. The van der Waals surface area contributed by atoms with Crippen LogP contribution in [-0.2, 0) is 15.0 Å². The van der Waals surface area contributed by atoms with Gasteiger partial charge in [0.2, 0.25) is 0 Å². The molecule has 0 heterocycles. The lowest BCUT2D eigenvalue weighted by atomic mass is 9.82. The second-order valence-corrected chi connectivity index (χ2v) is 7.35. The van der Waals surface area contributed by atoms with E-state index in [1.165, 1.54) is 0 Å². The Morgan fingerprint density at radius 1 is 1.19 bits per heavy atom. The molecule has 0 fully saturated rings. The van der Waals surface area contributed by atoms with E-state index in [0.717, 1.165) is 29.7 Å². The van der Waals surface area contributed by atoms with Crippen molar-refractivity contribution < 1.29 is 19.1 Å². The van der Waals surface area contributed by atoms with Gasteiger partial charge in [-0.1, -0.05) is 56.0 Å². The minimum atomic E-state index is -0.564. The van der Waals surface area contributed by atoms with Gasteiger partial charge < -0.3 is 9.47 Å². The summed E-state index contributed by atoms with van der Waals surface area (Å²) in [7, 11) is 0. The van der Waals surface area contributed by atoms with Crippen LogP contribution in [0, 0.1) is 0 Å². The maximum atomic E-state index is 12.0. The van der Waals surface area contributed by atoms with Gasteiger partial charge in [0.25, 0.3) is 0 Å². The van der Waals surface area contributed by atoms with Crippen molar-refractivity contribution >= 4 is 34.3 Å². The molecule has 4 rings (SSSR count). The molecular weight excluding hydrogens is 364 g/mol. The largest absolute Gasteiger partial charge is 0.422 e. The number of carbonyl (C=O) groups excluding carboxylic acids is 2. The third-order valence-corrected chi connectivity index (χ3v) is 5.56. The van der Waals surface area contributed by atoms with Crippen LogP contribution >= 0.6 is 11.6 Å². The summed E-state index contributed by atoms with van der Waals surface area (Å²) in [6.45, 7) is 9.05. The average Bonchev–Trinajstić information content (AvgIpc) is 3.18. The Hall–Kier alpha value is -2.85. The summed E-state index contributed by atoms with van der Waals surface area (Å²) >= 11 is 6.47. The minimum absolute atomic E-state index is 0.0551. The summed E-state index contributed by atoms with van der Waals surface area (Å²) in [5.41, 5.74) is 1.37. The smallest absolute Gasteiger partial charge is 0.335 e. The first kappa shape index (κ1) is 17.6. The van der Waals surface area contributed by atoms with Crippen LogP contribution in [0.3, 0.4) is 0 Å². The molecule has 2 atom stereocenters. The number of esters is 2.